The number of nitrogens with one attached hydrogen (secondary N) is 3. The summed E-state index contributed by atoms with van der Waals surface area (Å²) in [5.74, 6) is 0.520. The van der Waals surface area contributed by atoms with Gasteiger partial charge >= 0.3 is 6.18 Å². The van der Waals surface area contributed by atoms with Crippen molar-refractivity contribution in [3.8, 4) is 5.88 Å². The number of alkyl halides is 3. The SMILES string of the molecule is C=CC(=O)Nc1cccc(Nc2nc(Nc3ccc(N(C)C4CCN(C=O)C4)nc3OC)ncc2C(F)(F)F)c1.CC.CC.CC1COC1.CCC.FSS. The van der Waals surface area contributed by atoms with Gasteiger partial charge in [-0.3, -0.25) is 9.59 Å². The largest absolute Gasteiger partial charge is 0.479 e. The van der Waals surface area contributed by atoms with Crippen LogP contribution >= 0.6 is 22.8 Å². The summed E-state index contributed by atoms with van der Waals surface area (Å²) in [5, 5.41) is 8.07. The second-order valence-corrected chi connectivity index (χ2v) is 11.8. The molecule has 1 aromatic carbocycles. The third-order valence-corrected chi connectivity index (χ3v) is 7.02. The molecule has 5 rings (SSSR count). The number of likely N-dealkylation sites (tertiary alicyclic amines) is 1. The number of anilines is 6. The zero-order chi connectivity index (χ0) is 42.0. The number of ether oxygens (including phenoxy) is 2. The van der Waals surface area contributed by atoms with Crippen molar-refractivity contribution in [2.45, 2.75) is 73.5 Å². The van der Waals surface area contributed by atoms with E-state index in [1.54, 1.807) is 29.2 Å². The molecule has 2 fully saturated rings. The standard InChI is InChI=1S/C26H27F3N8O3.C4H8O.C3H8.2C2H6.FHS2/c1-4-22(39)31-16-6-5-7-17(12-16)32-23-19(26(27,28)29)13-30-25(35-23)33-20-8-9-21(34-24(20)40-3)36(2)18-10-11-37(14-18)15-38;1-4-2-5-3-4;1-3-2;2*1-2;1-3-2/h4-9,12-13,15,18H,1,10-11,14H2,2-3H3,(H,31,39)(H2,30,32,33,35);4H,2-3H2,1H3;3H2,1-2H3;2*1-2H3;2H. The minimum atomic E-state index is -4.74. The van der Waals surface area contributed by atoms with Crippen LogP contribution in [0, 0.1) is 5.92 Å². The van der Waals surface area contributed by atoms with Crippen molar-refractivity contribution >= 4 is 69.8 Å². The molecule has 0 saturated carbocycles. The molecule has 0 spiro atoms. The first-order valence-corrected chi connectivity index (χ1v) is 19.6. The lowest BCUT2D eigenvalue weighted by atomic mass is 10.2. The third-order valence-electron chi connectivity index (χ3n) is 7.02. The number of carbonyl (C=O) groups excluding carboxylic acids is 2. The number of hydrogen-bond acceptors (Lipinski definition) is 12. The van der Waals surface area contributed by atoms with E-state index in [-0.39, 0.29) is 34.7 Å². The average molecular weight is 817 g/mol. The number of halogens is 4. The summed E-state index contributed by atoms with van der Waals surface area (Å²) in [4.78, 5) is 38.7. The fourth-order valence-electron chi connectivity index (χ4n) is 4.47. The van der Waals surface area contributed by atoms with Gasteiger partial charge < -0.3 is 35.2 Å². The van der Waals surface area contributed by atoms with Crippen LogP contribution < -0.4 is 25.6 Å². The van der Waals surface area contributed by atoms with Crippen molar-refractivity contribution in [1.82, 2.24) is 19.9 Å². The van der Waals surface area contributed by atoms with Crippen LogP contribution in [-0.2, 0) is 20.5 Å². The predicted octanol–water partition coefficient (Wildman–Crippen LogP) is 9.75. The first kappa shape index (κ1) is 50.7. The van der Waals surface area contributed by atoms with E-state index in [0.29, 0.717) is 36.5 Å². The van der Waals surface area contributed by atoms with E-state index in [0.717, 1.165) is 38.0 Å². The molecule has 2 aliphatic rings. The second-order valence-electron chi connectivity index (χ2n) is 11.3. The van der Waals surface area contributed by atoms with Crippen molar-refractivity contribution in [2.75, 3.05) is 61.3 Å². The van der Waals surface area contributed by atoms with Gasteiger partial charge in [-0.05, 0) is 42.8 Å². The van der Waals surface area contributed by atoms with Gasteiger partial charge in [-0.15, -0.1) is 0 Å². The molecule has 3 N–H and O–H groups in total. The summed E-state index contributed by atoms with van der Waals surface area (Å²) < 4.78 is 61.6. The molecule has 4 heterocycles. The maximum Gasteiger partial charge on any atom is 0.421 e. The van der Waals surface area contributed by atoms with Gasteiger partial charge in [0, 0.05) is 49.7 Å². The number of rotatable bonds is 10. The molecule has 308 valence electrons. The van der Waals surface area contributed by atoms with Crippen LogP contribution in [0.1, 0.15) is 66.9 Å². The lowest BCUT2D eigenvalue weighted by molar-refractivity contribution is -0.137. The Kier molecular flexibility index (Phi) is 26.0. The monoisotopic (exact) mass is 816 g/mol. The van der Waals surface area contributed by atoms with Crippen molar-refractivity contribution in [2.24, 2.45) is 5.92 Å². The molecule has 2 aromatic heterocycles. The van der Waals surface area contributed by atoms with Gasteiger partial charge in [-0.25, -0.2) is 4.98 Å². The Morgan fingerprint density at radius 3 is 2.22 bits per heavy atom. The molecule has 1 unspecified atom stereocenters. The highest BCUT2D eigenvalue weighted by Crippen LogP contribution is 2.36. The first-order valence-electron chi connectivity index (χ1n) is 17.8. The molecule has 2 aliphatic heterocycles. The minimum absolute atomic E-state index is 0.0556. The number of thiol groups is 1. The van der Waals surface area contributed by atoms with Crippen LogP contribution in [0.2, 0.25) is 0 Å². The van der Waals surface area contributed by atoms with Gasteiger partial charge in [0.1, 0.15) is 34.1 Å². The fraction of sp³-hybridized carbons (Fsp3) is 0.486. The Morgan fingerprint density at radius 2 is 1.73 bits per heavy atom. The van der Waals surface area contributed by atoms with Gasteiger partial charge in [0.2, 0.25) is 24.1 Å². The zero-order valence-electron chi connectivity index (χ0n) is 33.0. The zero-order valence-corrected chi connectivity index (χ0v) is 34.7. The second kappa shape index (κ2) is 28.2. The van der Waals surface area contributed by atoms with Gasteiger partial charge in [-0.2, -0.15) is 27.0 Å². The summed E-state index contributed by atoms with van der Waals surface area (Å²) >= 11 is 2.98. The van der Waals surface area contributed by atoms with Gasteiger partial charge in [-0.1, -0.05) is 79.2 Å². The number of carbonyl (C=O) groups is 2. The Hall–Kier alpha value is -4.29. The van der Waals surface area contributed by atoms with Crippen LogP contribution in [0.4, 0.5) is 51.7 Å². The van der Waals surface area contributed by atoms with Crippen molar-refractivity contribution in [3.05, 3.63) is 60.8 Å². The van der Waals surface area contributed by atoms with E-state index < -0.39 is 23.5 Å². The molecule has 55 heavy (non-hydrogen) atoms. The Bertz CT molecular complexity index is 1550. The van der Waals surface area contributed by atoms with E-state index in [4.69, 9.17) is 9.47 Å². The maximum absolute atomic E-state index is 13.8. The van der Waals surface area contributed by atoms with Crippen LogP contribution in [0.5, 0.6) is 5.88 Å². The lowest BCUT2D eigenvalue weighted by Crippen LogP contribution is -2.34. The van der Waals surface area contributed by atoms with E-state index in [2.05, 4.69) is 69.9 Å². The number of hydrogen-bond donors (Lipinski definition) is 4. The molecule has 12 nitrogen and oxygen atoms in total. The van der Waals surface area contributed by atoms with Crippen LogP contribution in [-0.4, -0.2) is 78.7 Å². The lowest BCUT2D eigenvalue weighted by Gasteiger charge is -2.26. The predicted molar refractivity (Wildman–Crippen MR) is 220 cm³/mol. The molecule has 2 saturated heterocycles. The smallest absolute Gasteiger partial charge is 0.421 e. The topological polar surface area (TPSA) is 134 Å². The molecule has 0 aliphatic carbocycles. The van der Waals surface area contributed by atoms with E-state index >= 15 is 0 Å². The van der Waals surface area contributed by atoms with Crippen LogP contribution in [0.25, 0.3) is 0 Å². The summed E-state index contributed by atoms with van der Waals surface area (Å²) in [6, 6.07) is 9.58. The van der Waals surface area contributed by atoms with Crippen molar-refractivity contribution in [3.63, 3.8) is 0 Å². The maximum atomic E-state index is 13.8. The molecule has 0 bridgehead atoms. The highest BCUT2D eigenvalue weighted by Gasteiger charge is 2.35. The van der Waals surface area contributed by atoms with E-state index in [1.807, 2.05) is 39.6 Å². The Balaban J connectivity index is 0.00000166. The molecule has 18 heteroatoms. The van der Waals surface area contributed by atoms with Crippen LogP contribution in [0.3, 0.4) is 0 Å². The summed E-state index contributed by atoms with van der Waals surface area (Å²) in [6.07, 6.45) is -0.131. The number of nitrogens with zero attached hydrogens (tertiary/aromatic N) is 5. The number of pyridine rings is 1. The van der Waals surface area contributed by atoms with E-state index in [1.165, 1.54) is 25.7 Å². The minimum Gasteiger partial charge on any atom is -0.479 e. The summed E-state index contributed by atoms with van der Waals surface area (Å²) in [7, 11) is 3.28. The first-order chi connectivity index (χ1) is 26.3. The van der Waals surface area contributed by atoms with Gasteiger partial charge in [0.25, 0.3) is 0 Å². The molecular formula is C37H56F4N8O4S2. The summed E-state index contributed by atoms with van der Waals surface area (Å²) in [5.41, 5.74) is -0.140. The van der Waals surface area contributed by atoms with Gasteiger partial charge in [0.05, 0.1) is 20.3 Å². The van der Waals surface area contributed by atoms with Crippen molar-refractivity contribution < 1.29 is 36.1 Å². The quantitative estimate of drug-likeness (QED) is 0.0513. The number of aromatic nitrogens is 3. The highest BCUT2D eigenvalue weighted by molar-refractivity contribution is 8.66. The molecular weight excluding hydrogens is 761 g/mol. The highest BCUT2D eigenvalue weighted by atomic mass is 33.1. The average Bonchev–Trinajstić information content (AvgIpc) is 3.66. The van der Waals surface area contributed by atoms with Gasteiger partial charge in [0.15, 0.2) is 0 Å². The Morgan fingerprint density at radius 1 is 1.13 bits per heavy atom. The third kappa shape index (κ3) is 18.3. The number of methoxy groups -OCH3 is 1. The number of amides is 2. The van der Waals surface area contributed by atoms with Crippen LogP contribution in [0.15, 0.2) is 55.3 Å². The Labute approximate surface area is 332 Å². The number of likely N-dealkylation sites (N-methyl/N-ethyl adjacent to an activating group) is 1. The van der Waals surface area contributed by atoms with E-state index in [9.17, 15) is 26.6 Å². The molecule has 2 amide bonds. The summed E-state index contributed by atoms with van der Waals surface area (Å²) in [6.45, 7) is 21.0. The molecule has 3 aromatic rings. The molecule has 1 atom stereocenters. The van der Waals surface area contributed by atoms with Crippen molar-refractivity contribution in [1.29, 1.82) is 0 Å². The molecule has 0 radical (unpaired) electrons. The fourth-order valence-corrected chi connectivity index (χ4v) is 4.47. The normalized spacial score (nSPS) is 14.0. The number of benzene rings is 1.